The van der Waals surface area contributed by atoms with Crippen LogP contribution in [0.25, 0.3) is 0 Å². The highest BCUT2D eigenvalue weighted by Crippen LogP contribution is 2.38. The zero-order chi connectivity index (χ0) is 54.4. The molecule has 0 saturated heterocycles. The molecule has 0 heterocycles. The molecular formula is C58H73Cl2F3N2O6Si2. The Morgan fingerprint density at radius 1 is 0.534 bits per heavy atom. The van der Waals surface area contributed by atoms with Crippen LogP contribution in [-0.2, 0) is 31.2 Å². The van der Waals surface area contributed by atoms with Crippen molar-refractivity contribution in [1.82, 2.24) is 5.32 Å². The molecule has 8 nitrogen and oxygen atoms in total. The van der Waals surface area contributed by atoms with E-state index in [-0.39, 0.29) is 27.5 Å². The number of carboxylic acid groups (broad SMARTS) is 1. The van der Waals surface area contributed by atoms with Gasteiger partial charge in [0.25, 0.3) is 16.6 Å². The average molecular weight is 1080 g/mol. The maximum atomic E-state index is 12.7. The van der Waals surface area contributed by atoms with Gasteiger partial charge in [-0.15, -0.1) is 23.2 Å². The molecule has 0 aliphatic carbocycles. The molecule has 0 unspecified atom stereocenters. The fraction of sp³-hybridized carbons (Fsp3) is 0.345. The minimum atomic E-state index is -5.08. The smallest absolute Gasteiger partial charge is 0.475 e. The van der Waals surface area contributed by atoms with Gasteiger partial charge in [0.15, 0.2) is 0 Å². The highest BCUT2D eigenvalue weighted by molar-refractivity contribution is 7.00. The molecule has 2 atom stereocenters. The van der Waals surface area contributed by atoms with Gasteiger partial charge in [-0.05, 0) is 75.6 Å². The van der Waals surface area contributed by atoms with E-state index >= 15 is 0 Å². The van der Waals surface area contributed by atoms with E-state index in [4.69, 9.17) is 52.4 Å². The number of carbonyl (C=O) groups excluding carboxylic acids is 1. The van der Waals surface area contributed by atoms with Crippen LogP contribution in [0.15, 0.2) is 182 Å². The fourth-order valence-electron chi connectivity index (χ4n) is 8.48. The standard InChI is InChI=1S/C30H39NO3Si.C25H31NOSi.C2HF3O2.CH2Cl2/c1-29(2,3)34-28(32)31-25(22-24-16-10-7-11-17-24)23-33-35(30(4,5)6,26-18-12-8-13-19-26)27-20-14-9-15-21-27;1-25(2,3)28(23-15-9-5-10-16-23,24-17-11-6-12-18-24)27-20-22(26)19-21-13-7-4-8-14-21;3-2(4,5)1(6)7;2-1-3/h7-21,25H,22-23H2,1-6H3,(H,31,32);4-18,22H,19-20,26H2,1-3H3;(H,6,7);1H2/t25-;22-;;/m11../s1. The Morgan fingerprint density at radius 2 is 0.808 bits per heavy atom. The van der Waals surface area contributed by atoms with Crippen molar-refractivity contribution in [2.75, 3.05) is 18.6 Å². The summed E-state index contributed by atoms with van der Waals surface area (Å²) in [5, 5.41) is 15.3. The summed E-state index contributed by atoms with van der Waals surface area (Å²) in [5.74, 6) is -2.76. The second kappa shape index (κ2) is 29.0. The number of carboxylic acids is 1. The van der Waals surface area contributed by atoms with Gasteiger partial charge in [-0.1, -0.05) is 224 Å². The lowest BCUT2D eigenvalue weighted by atomic mass is 10.1. The normalized spacial score (nSPS) is 12.8. The number of hydrogen-bond acceptors (Lipinski definition) is 6. The monoisotopic (exact) mass is 1080 g/mol. The van der Waals surface area contributed by atoms with Crippen LogP contribution in [-0.4, -0.2) is 76.2 Å². The Hall–Kier alpha value is -5.26. The van der Waals surface area contributed by atoms with Crippen LogP contribution >= 0.6 is 23.2 Å². The number of amides is 1. The van der Waals surface area contributed by atoms with Crippen LogP contribution < -0.4 is 31.8 Å². The molecule has 394 valence electrons. The molecule has 0 saturated carbocycles. The number of carbonyl (C=O) groups is 2. The summed E-state index contributed by atoms with van der Waals surface area (Å²) < 4.78 is 51.3. The molecule has 6 aromatic carbocycles. The third-order valence-corrected chi connectivity index (χ3v) is 21.5. The Labute approximate surface area is 443 Å². The first-order valence-electron chi connectivity index (χ1n) is 24.1. The van der Waals surface area contributed by atoms with Crippen LogP contribution in [0.4, 0.5) is 18.0 Å². The molecule has 1 amide bonds. The predicted octanol–water partition coefficient (Wildman–Crippen LogP) is 11.9. The third-order valence-electron chi connectivity index (χ3n) is 11.5. The van der Waals surface area contributed by atoms with Crippen LogP contribution in [0.3, 0.4) is 0 Å². The topological polar surface area (TPSA) is 120 Å². The van der Waals surface area contributed by atoms with E-state index in [9.17, 15) is 18.0 Å². The molecule has 0 bridgehead atoms. The van der Waals surface area contributed by atoms with Gasteiger partial charge < -0.3 is 29.7 Å². The zero-order valence-corrected chi connectivity index (χ0v) is 47.0. The maximum Gasteiger partial charge on any atom is 0.490 e. The summed E-state index contributed by atoms with van der Waals surface area (Å²) in [6.45, 7) is 20.2. The Bertz CT molecular complexity index is 2400. The minimum absolute atomic E-state index is 0.0256. The summed E-state index contributed by atoms with van der Waals surface area (Å²) in [7, 11) is -5.23. The molecule has 0 radical (unpaired) electrons. The molecule has 0 spiro atoms. The molecule has 4 N–H and O–H groups in total. The van der Waals surface area contributed by atoms with E-state index in [0.29, 0.717) is 19.6 Å². The van der Waals surface area contributed by atoms with Gasteiger partial charge in [0, 0.05) is 6.04 Å². The Balaban J connectivity index is 0.000000330. The first kappa shape index (κ1) is 62.0. The van der Waals surface area contributed by atoms with Crippen molar-refractivity contribution in [3.8, 4) is 0 Å². The lowest BCUT2D eigenvalue weighted by molar-refractivity contribution is -0.192. The van der Waals surface area contributed by atoms with Crippen molar-refractivity contribution < 1.29 is 41.5 Å². The van der Waals surface area contributed by atoms with Gasteiger partial charge in [0.05, 0.1) is 24.6 Å². The number of halogens is 5. The van der Waals surface area contributed by atoms with Crippen LogP contribution in [0.2, 0.25) is 10.1 Å². The van der Waals surface area contributed by atoms with Gasteiger partial charge in [-0.25, -0.2) is 9.59 Å². The number of hydrogen-bond donors (Lipinski definition) is 3. The van der Waals surface area contributed by atoms with Gasteiger partial charge >= 0.3 is 18.2 Å². The molecule has 0 aromatic heterocycles. The minimum Gasteiger partial charge on any atom is -0.475 e. The van der Waals surface area contributed by atoms with E-state index in [1.165, 1.54) is 26.3 Å². The van der Waals surface area contributed by atoms with E-state index in [1.807, 2.05) is 57.2 Å². The van der Waals surface area contributed by atoms with Gasteiger partial charge in [-0.3, -0.25) is 0 Å². The van der Waals surface area contributed by atoms with Crippen molar-refractivity contribution in [2.24, 2.45) is 5.73 Å². The molecule has 73 heavy (non-hydrogen) atoms. The quantitative estimate of drug-likeness (QED) is 0.0692. The zero-order valence-electron chi connectivity index (χ0n) is 43.5. The van der Waals surface area contributed by atoms with Crippen LogP contribution in [0, 0.1) is 0 Å². The summed E-state index contributed by atoms with van der Waals surface area (Å²) in [5.41, 5.74) is 8.33. The van der Waals surface area contributed by atoms with Gasteiger partial charge in [-0.2, -0.15) is 13.2 Å². The summed E-state index contributed by atoms with van der Waals surface area (Å²) in [6.07, 6.45) is -4.04. The number of alkyl carbamates (subject to hydrolysis) is 1. The Kier molecular flexibility index (Phi) is 24.6. The SMILES string of the molecule is CC(C)(C)OC(=O)N[C@@H](CO[Si](c1ccccc1)(c1ccccc1)C(C)(C)C)Cc1ccccc1.CC(C)(C)[Si](OC[C@H](N)Cc1ccccc1)(c1ccccc1)c1ccccc1.ClCCl.O=C(O)C(F)(F)F. The average Bonchev–Trinajstić information content (AvgIpc) is 3.33. The number of nitrogens with two attached hydrogens (primary N) is 1. The maximum absolute atomic E-state index is 12.7. The second-order valence-corrected chi connectivity index (χ2v) is 29.8. The first-order valence-corrected chi connectivity index (χ1v) is 28.9. The number of benzene rings is 6. The molecule has 0 fully saturated rings. The largest absolute Gasteiger partial charge is 0.490 e. The van der Waals surface area contributed by atoms with Gasteiger partial charge in [0.1, 0.15) is 5.60 Å². The lowest BCUT2D eigenvalue weighted by Crippen LogP contribution is -2.67. The van der Waals surface area contributed by atoms with Crippen LogP contribution in [0.5, 0.6) is 0 Å². The molecule has 6 aromatic rings. The first-order chi connectivity index (χ1) is 34.3. The fourth-order valence-corrected chi connectivity index (χ4v) is 17.7. The summed E-state index contributed by atoms with van der Waals surface area (Å²) >= 11 is 9.53. The van der Waals surface area contributed by atoms with Crippen molar-refractivity contribution in [1.29, 1.82) is 0 Å². The molecule has 15 heteroatoms. The van der Waals surface area contributed by atoms with Crippen LogP contribution in [0.1, 0.15) is 73.4 Å². The van der Waals surface area contributed by atoms with E-state index in [0.717, 1.165) is 12.0 Å². The van der Waals surface area contributed by atoms with Gasteiger partial charge in [0.2, 0.25) is 0 Å². The number of nitrogens with one attached hydrogen (secondary N) is 1. The van der Waals surface area contributed by atoms with Crippen molar-refractivity contribution in [3.05, 3.63) is 193 Å². The van der Waals surface area contributed by atoms with Crippen molar-refractivity contribution in [2.45, 2.75) is 109 Å². The van der Waals surface area contributed by atoms with E-state index < -0.39 is 40.5 Å². The summed E-state index contributed by atoms with van der Waals surface area (Å²) in [6, 6.07) is 62.9. The predicted molar refractivity (Wildman–Crippen MR) is 299 cm³/mol. The van der Waals surface area contributed by atoms with Crippen molar-refractivity contribution >= 4 is 72.6 Å². The highest BCUT2D eigenvalue weighted by Gasteiger charge is 2.51. The molecule has 6 rings (SSSR count). The lowest BCUT2D eigenvalue weighted by Gasteiger charge is -2.43. The molecule has 0 aliphatic heterocycles. The third kappa shape index (κ3) is 19.5. The van der Waals surface area contributed by atoms with E-state index in [2.05, 4.69) is 192 Å². The number of alkyl halides is 5. The number of aliphatic carboxylic acids is 1. The highest BCUT2D eigenvalue weighted by atomic mass is 35.5. The van der Waals surface area contributed by atoms with Crippen molar-refractivity contribution in [3.63, 3.8) is 0 Å². The van der Waals surface area contributed by atoms with E-state index in [1.54, 1.807) is 0 Å². The summed E-state index contributed by atoms with van der Waals surface area (Å²) in [4.78, 5) is 21.6. The Morgan fingerprint density at radius 3 is 1.08 bits per heavy atom. The number of rotatable bonds is 15. The number of ether oxygens (including phenoxy) is 1. The molecular weight excluding hydrogens is 1000 g/mol. The second-order valence-electron chi connectivity index (χ2n) is 20.3. The molecule has 0 aliphatic rings.